The van der Waals surface area contributed by atoms with Crippen LogP contribution in [0.25, 0.3) is 0 Å². The maximum atomic E-state index is 11.6. The van der Waals surface area contributed by atoms with Crippen LogP contribution in [0.2, 0.25) is 0 Å². The lowest BCUT2D eigenvalue weighted by Gasteiger charge is -2.06. The van der Waals surface area contributed by atoms with Crippen molar-refractivity contribution in [1.82, 2.24) is 10.6 Å². The summed E-state index contributed by atoms with van der Waals surface area (Å²) < 4.78 is 5.63. The smallest absolute Gasteiger partial charge is 0.287 e. The molecule has 0 aromatic carbocycles. The average molecular weight is 359 g/mol. The Kier molecular flexibility index (Phi) is 8.82. The fraction of sp³-hybridized carbons (Fsp3) is 0.600. The highest BCUT2D eigenvalue weighted by atomic mass is 79.9. The maximum absolute atomic E-state index is 11.6. The zero-order valence-corrected chi connectivity index (χ0v) is 14.0. The van der Waals surface area contributed by atoms with E-state index in [-0.39, 0.29) is 24.0 Å². The Morgan fingerprint density at radius 2 is 1.86 bits per heavy atom. The molecule has 21 heavy (non-hydrogen) atoms. The maximum Gasteiger partial charge on any atom is 0.287 e. The molecule has 0 atom stereocenters. The highest BCUT2D eigenvalue weighted by Crippen LogP contribution is 2.13. The third-order valence-electron chi connectivity index (χ3n) is 3.04. The Labute approximate surface area is 134 Å². The third kappa shape index (κ3) is 7.90. The lowest BCUT2D eigenvalue weighted by molar-refractivity contribution is -0.120. The molecular weight excluding hydrogens is 336 g/mol. The van der Waals surface area contributed by atoms with E-state index in [1.54, 1.807) is 12.1 Å². The molecule has 0 fully saturated rings. The second-order valence-corrected chi connectivity index (χ2v) is 5.66. The van der Waals surface area contributed by atoms with Gasteiger partial charge in [-0.25, -0.2) is 0 Å². The quantitative estimate of drug-likeness (QED) is 0.630. The van der Waals surface area contributed by atoms with Gasteiger partial charge in [0.15, 0.2) is 10.4 Å². The van der Waals surface area contributed by atoms with Gasteiger partial charge >= 0.3 is 0 Å². The normalized spacial score (nSPS) is 10.4. The highest BCUT2D eigenvalue weighted by molar-refractivity contribution is 9.10. The summed E-state index contributed by atoms with van der Waals surface area (Å²) in [5.74, 6) is -0.113. The molecule has 5 nitrogen and oxygen atoms in total. The predicted molar refractivity (Wildman–Crippen MR) is 85.1 cm³/mol. The van der Waals surface area contributed by atoms with Gasteiger partial charge in [-0.3, -0.25) is 9.59 Å². The van der Waals surface area contributed by atoms with E-state index in [1.807, 2.05) is 0 Å². The summed E-state index contributed by atoms with van der Waals surface area (Å²) in [6, 6.07) is 3.23. The molecule has 0 radical (unpaired) electrons. The predicted octanol–water partition coefficient (Wildman–Crippen LogP) is 3.25. The van der Waals surface area contributed by atoms with Gasteiger partial charge in [-0.15, -0.1) is 0 Å². The van der Waals surface area contributed by atoms with E-state index < -0.39 is 0 Å². The Morgan fingerprint density at radius 3 is 2.52 bits per heavy atom. The van der Waals surface area contributed by atoms with Gasteiger partial charge in [0.1, 0.15) is 0 Å². The van der Waals surface area contributed by atoms with Crippen molar-refractivity contribution < 1.29 is 14.0 Å². The number of carbonyl (C=O) groups is 2. The first kappa shape index (κ1) is 17.8. The molecule has 6 heteroatoms. The lowest BCUT2D eigenvalue weighted by atomic mass is 10.1. The van der Waals surface area contributed by atoms with Gasteiger partial charge in [0.25, 0.3) is 5.91 Å². The van der Waals surface area contributed by atoms with E-state index in [1.165, 1.54) is 19.3 Å². The number of nitrogens with one attached hydrogen (secondary N) is 2. The van der Waals surface area contributed by atoms with Crippen molar-refractivity contribution in [2.45, 2.75) is 45.4 Å². The number of carbonyl (C=O) groups excluding carboxylic acids is 2. The van der Waals surface area contributed by atoms with Crippen molar-refractivity contribution in [3.8, 4) is 0 Å². The molecule has 1 aromatic heterocycles. The van der Waals surface area contributed by atoms with Gasteiger partial charge in [0, 0.05) is 19.5 Å². The van der Waals surface area contributed by atoms with Crippen molar-refractivity contribution in [2.24, 2.45) is 0 Å². The van der Waals surface area contributed by atoms with Crippen LogP contribution in [0.15, 0.2) is 21.2 Å². The summed E-state index contributed by atoms with van der Waals surface area (Å²) in [5, 5.41) is 5.50. The first-order valence-corrected chi connectivity index (χ1v) is 8.23. The molecule has 2 N–H and O–H groups in total. The topological polar surface area (TPSA) is 71.3 Å². The molecule has 2 amide bonds. The van der Waals surface area contributed by atoms with Gasteiger partial charge in [-0.1, -0.05) is 32.6 Å². The largest absolute Gasteiger partial charge is 0.444 e. The van der Waals surface area contributed by atoms with E-state index in [0.717, 1.165) is 12.8 Å². The minimum Gasteiger partial charge on any atom is -0.444 e. The van der Waals surface area contributed by atoms with Crippen LogP contribution in [0.5, 0.6) is 0 Å². The lowest BCUT2D eigenvalue weighted by Crippen LogP contribution is -2.31. The summed E-state index contributed by atoms with van der Waals surface area (Å²) >= 11 is 3.13. The number of hydrogen-bond acceptors (Lipinski definition) is 3. The van der Waals surface area contributed by atoms with E-state index in [4.69, 9.17) is 4.42 Å². The van der Waals surface area contributed by atoms with Crippen LogP contribution in [-0.4, -0.2) is 24.9 Å². The minimum atomic E-state index is -0.312. The van der Waals surface area contributed by atoms with Crippen LogP contribution in [0.1, 0.15) is 56.0 Å². The molecule has 0 bridgehead atoms. The second kappa shape index (κ2) is 10.4. The first-order valence-electron chi connectivity index (χ1n) is 7.43. The average Bonchev–Trinajstić information content (AvgIpc) is 2.89. The molecule has 0 aliphatic heterocycles. The zero-order valence-electron chi connectivity index (χ0n) is 12.4. The molecule has 0 saturated heterocycles. The van der Waals surface area contributed by atoms with Crippen molar-refractivity contribution in [1.29, 1.82) is 0 Å². The zero-order chi connectivity index (χ0) is 15.5. The van der Waals surface area contributed by atoms with Crippen molar-refractivity contribution in [3.63, 3.8) is 0 Å². The standard InChI is InChI=1S/C15H23BrN2O3/c1-2-3-4-5-6-10-17-14(19)9-11-18-15(20)12-7-8-13(16)21-12/h7-8H,2-6,9-11H2,1H3,(H,17,19)(H,18,20). The van der Waals surface area contributed by atoms with Crippen molar-refractivity contribution in [2.75, 3.05) is 13.1 Å². The van der Waals surface area contributed by atoms with E-state index in [0.29, 0.717) is 17.8 Å². The second-order valence-electron chi connectivity index (χ2n) is 4.87. The Morgan fingerprint density at radius 1 is 1.10 bits per heavy atom. The van der Waals surface area contributed by atoms with Crippen LogP contribution in [0.4, 0.5) is 0 Å². The van der Waals surface area contributed by atoms with Crippen LogP contribution in [-0.2, 0) is 4.79 Å². The van der Waals surface area contributed by atoms with Crippen molar-refractivity contribution in [3.05, 3.63) is 22.6 Å². The molecule has 0 aliphatic carbocycles. The molecule has 0 spiro atoms. The summed E-state index contributed by atoms with van der Waals surface area (Å²) in [6.45, 7) is 3.19. The van der Waals surface area contributed by atoms with Crippen LogP contribution >= 0.6 is 15.9 Å². The number of amides is 2. The third-order valence-corrected chi connectivity index (χ3v) is 3.46. The number of halogens is 1. The van der Waals surface area contributed by atoms with E-state index in [2.05, 4.69) is 33.5 Å². The monoisotopic (exact) mass is 358 g/mol. The molecule has 1 heterocycles. The number of rotatable bonds is 10. The molecule has 0 unspecified atom stereocenters. The molecule has 118 valence electrons. The molecular formula is C15H23BrN2O3. The van der Waals surface area contributed by atoms with Gasteiger partial charge in [-0.2, -0.15) is 0 Å². The number of unbranched alkanes of at least 4 members (excludes halogenated alkanes) is 4. The van der Waals surface area contributed by atoms with Gasteiger partial charge in [-0.05, 0) is 34.5 Å². The van der Waals surface area contributed by atoms with Gasteiger partial charge < -0.3 is 15.1 Å². The summed E-state index contributed by atoms with van der Waals surface area (Å²) in [5.41, 5.74) is 0. The van der Waals surface area contributed by atoms with E-state index >= 15 is 0 Å². The fourth-order valence-electron chi connectivity index (χ4n) is 1.86. The Balaban J connectivity index is 2.04. The van der Waals surface area contributed by atoms with Gasteiger partial charge in [0.05, 0.1) is 0 Å². The minimum absolute atomic E-state index is 0.0357. The number of furan rings is 1. The fourth-order valence-corrected chi connectivity index (χ4v) is 2.16. The SMILES string of the molecule is CCCCCCCNC(=O)CCNC(=O)c1ccc(Br)o1. The summed E-state index contributed by atoms with van der Waals surface area (Å²) in [7, 11) is 0. The molecule has 1 rings (SSSR count). The first-order chi connectivity index (χ1) is 10.1. The Hall–Kier alpha value is -1.30. The van der Waals surface area contributed by atoms with Gasteiger partial charge in [0.2, 0.25) is 5.91 Å². The summed E-state index contributed by atoms with van der Waals surface area (Å²) in [4.78, 5) is 23.2. The van der Waals surface area contributed by atoms with E-state index in [9.17, 15) is 9.59 Å². The molecule has 0 aliphatic rings. The Bertz CT molecular complexity index is 446. The molecule has 0 saturated carbocycles. The molecule has 1 aromatic rings. The highest BCUT2D eigenvalue weighted by Gasteiger charge is 2.10. The van der Waals surface area contributed by atoms with Crippen molar-refractivity contribution >= 4 is 27.7 Å². The summed E-state index contributed by atoms with van der Waals surface area (Å²) in [6.07, 6.45) is 6.14. The number of hydrogen-bond donors (Lipinski definition) is 2. The van der Waals surface area contributed by atoms with Crippen LogP contribution in [0, 0.1) is 0 Å². The van der Waals surface area contributed by atoms with Crippen LogP contribution < -0.4 is 10.6 Å². The van der Waals surface area contributed by atoms with Crippen LogP contribution in [0.3, 0.4) is 0 Å².